The summed E-state index contributed by atoms with van der Waals surface area (Å²) in [6.07, 6.45) is 0.558. The van der Waals surface area contributed by atoms with E-state index in [9.17, 15) is 0 Å². The molecule has 14 heavy (non-hydrogen) atoms. The first-order chi connectivity index (χ1) is 6.88. The van der Waals surface area contributed by atoms with Crippen molar-refractivity contribution in [2.45, 2.75) is 19.1 Å². The van der Waals surface area contributed by atoms with Gasteiger partial charge in [0.2, 0.25) is 0 Å². The average Bonchev–Trinajstić information content (AvgIpc) is 2.67. The highest BCUT2D eigenvalue weighted by atomic mass is 16.7. The Morgan fingerprint density at radius 2 is 2.21 bits per heavy atom. The third-order valence-electron chi connectivity index (χ3n) is 2.26. The first kappa shape index (κ1) is 9.20. The van der Waals surface area contributed by atoms with Crippen molar-refractivity contribution >= 4 is 0 Å². The summed E-state index contributed by atoms with van der Waals surface area (Å²) in [6, 6.07) is 12.2. The lowest BCUT2D eigenvalue weighted by Gasteiger charge is -2.13. The van der Waals surface area contributed by atoms with Crippen LogP contribution in [0.1, 0.15) is 12.0 Å². The Hall–Kier alpha value is -1.37. The second-order valence-electron chi connectivity index (χ2n) is 3.36. The molecule has 3 heteroatoms. The third kappa shape index (κ3) is 2.11. The fourth-order valence-electron chi connectivity index (χ4n) is 1.54. The minimum atomic E-state index is -0.251. The van der Waals surface area contributed by atoms with Gasteiger partial charge in [-0.1, -0.05) is 30.3 Å². The van der Waals surface area contributed by atoms with Crippen LogP contribution < -0.4 is 0 Å². The van der Waals surface area contributed by atoms with Gasteiger partial charge in [0.05, 0.1) is 6.07 Å². The topological polar surface area (TPSA) is 36.3 Å². The van der Waals surface area contributed by atoms with E-state index in [4.69, 9.17) is 10.1 Å². The smallest absolute Gasteiger partial charge is 0.166 e. The van der Waals surface area contributed by atoms with Crippen molar-refractivity contribution in [3.05, 3.63) is 35.9 Å². The molecule has 0 bridgehead atoms. The lowest BCUT2D eigenvalue weighted by Crippen LogP contribution is -2.18. The number of hydroxylamine groups is 2. The van der Waals surface area contributed by atoms with Gasteiger partial charge in [-0.05, 0) is 5.56 Å². The summed E-state index contributed by atoms with van der Waals surface area (Å²) >= 11 is 0. The van der Waals surface area contributed by atoms with Gasteiger partial charge < -0.3 is 0 Å². The van der Waals surface area contributed by atoms with Crippen LogP contribution in [0.25, 0.3) is 0 Å². The number of benzene rings is 1. The van der Waals surface area contributed by atoms with E-state index < -0.39 is 0 Å². The van der Waals surface area contributed by atoms with Gasteiger partial charge in [0, 0.05) is 19.5 Å². The van der Waals surface area contributed by atoms with E-state index in [2.05, 4.69) is 18.2 Å². The molecule has 3 nitrogen and oxygen atoms in total. The summed E-state index contributed by atoms with van der Waals surface area (Å²) in [6.45, 7) is 1.60. The van der Waals surface area contributed by atoms with Crippen molar-refractivity contribution in [1.82, 2.24) is 5.06 Å². The summed E-state index contributed by atoms with van der Waals surface area (Å²) in [5, 5.41) is 10.5. The van der Waals surface area contributed by atoms with Gasteiger partial charge in [-0.2, -0.15) is 10.3 Å². The molecule has 1 aliphatic heterocycles. The van der Waals surface area contributed by atoms with Crippen LogP contribution in [0, 0.1) is 11.3 Å². The predicted molar refractivity (Wildman–Crippen MR) is 52.0 cm³/mol. The van der Waals surface area contributed by atoms with Gasteiger partial charge in [0.25, 0.3) is 0 Å². The highest BCUT2D eigenvalue weighted by molar-refractivity contribution is 5.14. The third-order valence-corrected chi connectivity index (χ3v) is 2.26. The summed E-state index contributed by atoms with van der Waals surface area (Å²) in [5.41, 5.74) is 1.21. The molecule has 1 unspecified atom stereocenters. The Morgan fingerprint density at radius 3 is 2.86 bits per heavy atom. The molecule has 0 radical (unpaired) electrons. The van der Waals surface area contributed by atoms with Crippen molar-refractivity contribution < 1.29 is 4.84 Å². The number of nitrogens with zero attached hydrogens (tertiary/aromatic N) is 2. The molecule has 0 saturated carbocycles. The Kier molecular flexibility index (Phi) is 2.78. The maximum absolute atomic E-state index is 8.65. The fraction of sp³-hybridized carbons (Fsp3) is 0.364. The Morgan fingerprint density at radius 1 is 1.43 bits per heavy atom. The predicted octanol–water partition coefficient (Wildman–Crippen LogP) is 1.72. The van der Waals surface area contributed by atoms with E-state index in [-0.39, 0.29) is 6.10 Å². The number of hydrogen-bond donors (Lipinski definition) is 0. The van der Waals surface area contributed by atoms with Gasteiger partial charge in [0.1, 0.15) is 0 Å². The molecule has 0 spiro atoms. The highest BCUT2D eigenvalue weighted by Crippen LogP contribution is 2.15. The number of hydrogen-bond acceptors (Lipinski definition) is 3. The monoisotopic (exact) mass is 188 g/mol. The molecular weight excluding hydrogens is 176 g/mol. The van der Waals surface area contributed by atoms with Crippen molar-refractivity contribution in [3.63, 3.8) is 0 Å². The van der Waals surface area contributed by atoms with E-state index in [1.54, 1.807) is 0 Å². The molecule has 1 saturated heterocycles. The van der Waals surface area contributed by atoms with Crippen LogP contribution in [0.3, 0.4) is 0 Å². The Labute approximate surface area is 83.5 Å². The maximum Gasteiger partial charge on any atom is 0.166 e. The fourth-order valence-corrected chi connectivity index (χ4v) is 1.54. The molecule has 1 atom stereocenters. The highest BCUT2D eigenvalue weighted by Gasteiger charge is 2.22. The van der Waals surface area contributed by atoms with Crippen LogP contribution >= 0.6 is 0 Å². The van der Waals surface area contributed by atoms with Crippen LogP contribution in [0.5, 0.6) is 0 Å². The SMILES string of the molecule is N#CC1CCN(Cc2ccccc2)O1. The molecule has 0 aromatic heterocycles. The average molecular weight is 188 g/mol. The molecule has 1 aromatic rings. The van der Waals surface area contributed by atoms with Gasteiger partial charge in [-0.3, -0.25) is 4.84 Å². The first-order valence-electron chi connectivity index (χ1n) is 4.74. The molecule has 0 amide bonds. The van der Waals surface area contributed by atoms with Crippen LogP contribution in [0.15, 0.2) is 30.3 Å². The van der Waals surface area contributed by atoms with Crippen LogP contribution in [0.2, 0.25) is 0 Å². The molecule has 1 fully saturated rings. The van der Waals surface area contributed by atoms with E-state index >= 15 is 0 Å². The van der Waals surface area contributed by atoms with E-state index in [0.29, 0.717) is 0 Å². The Balaban J connectivity index is 1.91. The summed E-state index contributed by atoms with van der Waals surface area (Å²) in [4.78, 5) is 5.39. The summed E-state index contributed by atoms with van der Waals surface area (Å²) in [5.74, 6) is 0. The molecule has 72 valence electrons. The van der Waals surface area contributed by atoms with E-state index in [1.807, 2.05) is 23.3 Å². The van der Waals surface area contributed by atoms with Crippen molar-refractivity contribution in [3.8, 4) is 6.07 Å². The van der Waals surface area contributed by atoms with Crippen LogP contribution in [-0.4, -0.2) is 17.7 Å². The maximum atomic E-state index is 8.65. The summed E-state index contributed by atoms with van der Waals surface area (Å²) in [7, 11) is 0. The molecule has 2 rings (SSSR count). The molecular formula is C11H12N2O. The Bertz CT molecular complexity index is 331. The lowest BCUT2D eigenvalue weighted by atomic mass is 10.2. The van der Waals surface area contributed by atoms with E-state index in [1.165, 1.54) is 5.56 Å². The number of nitriles is 1. The van der Waals surface area contributed by atoms with E-state index in [0.717, 1.165) is 19.5 Å². The quantitative estimate of drug-likeness (QED) is 0.709. The molecule has 0 N–H and O–H groups in total. The zero-order chi connectivity index (χ0) is 9.80. The second kappa shape index (κ2) is 4.23. The van der Waals surface area contributed by atoms with Crippen molar-refractivity contribution in [2.75, 3.05) is 6.54 Å². The largest absolute Gasteiger partial charge is 0.280 e. The van der Waals surface area contributed by atoms with Gasteiger partial charge in [0.15, 0.2) is 6.10 Å². The minimum absolute atomic E-state index is 0.251. The molecule has 1 aromatic carbocycles. The van der Waals surface area contributed by atoms with Crippen LogP contribution in [-0.2, 0) is 11.4 Å². The van der Waals surface area contributed by atoms with Gasteiger partial charge >= 0.3 is 0 Å². The van der Waals surface area contributed by atoms with Crippen molar-refractivity contribution in [2.24, 2.45) is 0 Å². The standard InChI is InChI=1S/C11H12N2O/c12-8-11-6-7-13(14-11)9-10-4-2-1-3-5-10/h1-5,11H,6-7,9H2. The second-order valence-corrected chi connectivity index (χ2v) is 3.36. The molecule has 1 heterocycles. The molecule has 0 aliphatic carbocycles. The minimum Gasteiger partial charge on any atom is -0.280 e. The summed E-state index contributed by atoms with van der Waals surface area (Å²) < 4.78 is 0. The zero-order valence-corrected chi connectivity index (χ0v) is 7.89. The number of rotatable bonds is 2. The normalized spacial score (nSPS) is 22.1. The molecule has 1 aliphatic rings. The van der Waals surface area contributed by atoms with Gasteiger partial charge in [-0.15, -0.1) is 0 Å². The van der Waals surface area contributed by atoms with Crippen molar-refractivity contribution in [1.29, 1.82) is 5.26 Å². The van der Waals surface area contributed by atoms with Gasteiger partial charge in [-0.25, -0.2) is 0 Å². The lowest BCUT2D eigenvalue weighted by molar-refractivity contribution is -0.137. The first-order valence-corrected chi connectivity index (χ1v) is 4.74. The zero-order valence-electron chi connectivity index (χ0n) is 7.89. The van der Waals surface area contributed by atoms with Crippen LogP contribution in [0.4, 0.5) is 0 Å².